The minimum absolute atomic E-state index is 0.434. The summed E-state index contributed by atoms with van der Waals surface area (Å²) in [7, 11) is -2.69. The fraction of sp³-hybridized carbons (Fsp3) is 1.00. The van der Waals surface area contributed by atoms with Gasteiger partial charge in [0.1, 0.15) is 9.84 Å². The molecule has 1 aliphatic heterocycles. The maximum Gasteiger partial charge on any atom is 0.150 e. The minimum atomic E-state index is -2.69. The Labute approximate surface area is 107 Å². The smallest absolute Gasteiger partial charge is 0.150 e. The second-order valence-corrected chi connectivity index (χ2v) is 7.81. The summed E-state index contributed by atoms with van der Waals surface area (Å²) in [6.45, 7) is 4.50. The van der Waals surface area contributed by atoms with Crippen molar-refractivity contribution in [3.05, 3.63) is 0 Å². The summed E-state index contributed by atoms with van der Waals surface area (Å²) in [5, 5.41) is 0. The third-order valence-electron chi connectivity index (χ3n) is 4.22. The van der Waals surface area contributed by atoms with Crippen LogP contribution in [0.5, 0.6) is 0 Å². The molecular weight excluding hydrogens is 232 g/mol. The first kappa shape index (κ1) is 15.0. The van der Waals surface area contributed by atoms with Crippen LogP contribution in [0.15, 0.2) is 0 Å². The summed E-state index contributed by atoms with van der Waals surface area (Å²) >= 11 is 0. The van der Waals surface area contributed by atoms with Gasteiger partial charge < -0.3 is 0 Å². The van der Waals surface area contributed by atoms with Gasteiger partial charge >= 0.3 is 0 Å². The highest BCUT2D eigenvalue weighted by Crippen LogP contribution is 2.31. The average Bonchev–Trinajstić information content (AvgIpc) is 2.30. The molecule has 1 atom stereocenters. The van der Waals surface area contributed by atoms with Crippen LogP contribution in [-0.4, -0.2) is 19.9 Å². The van der Waals surface area contributed by atoms with Crippen molar-refractivity contribution in [1.29, 1.82) is 0 Å². The Bertz CT molecular complexity index is 281. The molecule has 3 heteroatoms. The van der Waals surface area contributed by atoms with E-state index in [9.17, 15) is 8.42 Å². The lowest BCUT2D eigenvalue weighted by atomic mass is 9.82. The first-order valence-electron chi connectivity index (χ1n) is 7.29. The zero-order chi connectivity index (χ0) is 12.7. The van der Waals surface area contributed by atoms with E-state index < -0.39 is 9.84 Å². The molecular formula is C14H28O2S. The van der Waals surface area contributed by atoms with Crippen LogP contribution in [0.4, 0.5) is 0 Å². The van der Waals surface area contributed by atoms with Crippen molar-refractivity contribution in [2.24, 2.45) is 11.8 Å². The predicted molar refractivity (Wildman–Crippen MR) is 73.9 cm³/mol. The van der Waals surface area contributed by atoms with E-state index >= 15 is 0 Å². The van der Waals surface area contributed by atoms with Gasteiger partial charge in [-0.15, -0.1) is 0 Å². The molecule has 102 valence electrons. The standard InChI is InChI=1S/C14H28O2S/c1-3-5-6-7-8-13(4-2)14-9-11-17(15,16)12-10-14/h13-14H,3-12H2,1-2H3. The van der Waals surface area contributed by atoms with Crippen LogP contribution in [-0.2, 0) is 9.84 Å². The van der Waals surface area contributed by atoms with Crippen LogP contribution in [0.25, 0.3) is 0 Å². The SMILES string of the molecule is CCCCCCC(CC)C1CCS(=O)(=O)CC1. The summed E-state index contributed by atoms with van der Waals surface area (Å²) in [4.78, 5) is 0. The van der Waals surface area contributed by atoms with Gasteiger partial charge in [0.2, 0.25) is 0 Å². The zero-order valence-electron chi connectivity index (χ0n) is 11.5. The molecule has 17 heavy (non-hydrogen) atoms. The Hall–Kier alpha value is -0.0500. The molecule has 1 heterocycles. The van der Waals surface area contributed by atoms with Gasteiger partial charge in [0.15, 0.2) is 0 Å². The van der Waals surface area contributed by atoms with E-state index in [-0.39, 0.29) is 0 Å². The van der Waals surface area contributed by atoms with Crippen molar-refractivity contribution >= 4 is 9.84 Å². The molecule has 1 saturated heterocycles. The highest BCUT2D eigenvalue weighted by Gasteiger charge is 2.28. The van der Waals surface area contributed by atoms with Gasteiger partial charge in [0, 0.05) is 0 Å². The average molecular weight is 260 g/mol. The third-order valence-corrected chi connectivity index (χ3v) is 5.93. The van der Waals surface area contributed by atoms with Crippen molar-refractivity contribution < 1.29 is 8.42 Å². The lowest BCUT2D eigenvalue weighted by Crippen LogP contribution is -2.28. The molecule has 0 N–H and O–H groups in total. The van der Waals surface area contributed by atoms with Crippen molar-refractivity contribution in [2.75, 3.05) is 11.5 Å². The van der Waals surface area contributed by atoms with Crippen molar-refractivity contribution in [3.8, 4) is 0 Å². The molecule has 2 nitrogen and oxygen atoms in total. The van der Waals surface area contributed by atoms with Gasteiger partial charge in [0.05, 0.1) is 11.5 Å². The largest absolute Gasteiger partial charge is 0.229 e. The summed E-state index contributed by atoms with van der Waals surface area (Å²) in [5.74, 6) is 2.30. The van der Waals surface area contributed by atoms with Crippen LogP contribution in [0, 0.1) is 11.8 Å². The molecule has 0 radical (unpaired) electrons. The number of hydrogen-bond donors (Lipinski definition) is 0. The van der Waals surface area contributed by atoms with E-state index in [2.05, 4.69) is 13.8 Å². The predicted octanol–water partition coefficient (Wildman–Crippen LogP) is 3.81. The molecule has 1 fully saturated rings. The molecule has 0 aromatic heterocycles. The Morgan fingerprint density at radius 3 is 2.24 bits per heavy atom. The summed E-state index contributed by atoms with van der Waals surface area (Å²) < 4.78 is 22.8. The minimum Gasteiger partial charge on any atom is -0.229 e. The number of unbranched alkanes of at least 4 members (excludes halogenated alkanes) is 3. The molecule has 0 amide bonds. The first-order valence-corrected chi connectivity index (χ1v) is 9.11. The first-order chi connectivity index (χ1) is 8.09. The van der Waals surface area contributed by atoms with Gasteiger partial charge in [0.25, 0.3) is 0 Å². The van der Waals surface area contributed by atoms with Crippen LogP contribution in [0.2, 0.25) is 0 Å². The van der Waals surface area contributed by atoms with Crippen molar-refractivity contribution in [1.82, 2.24) is 0 Å². The third kappa shape index (κ3) is 5.41. The Morgan fingerprint density at radius 1 is 1.06 bits per heavy atom. The van der Waals surface area contributed by atoms with Gasteiger partial charge in [-0.1, -0.05) is 52.4 Å². The summed E-state index contributed by atoms with van der Waals surface area (Å²) in [6.07, 6.45) is 9.66. The fourth-order valence-electron chi connectivity index (χ4n) is 2.99. The lowest BCUT2D eigenvalue weighted by Gasteiger charge is -2.29. The molecule has 1 rings (SSSR count). The molecule has 0 saturated carbocycles. The van der Waals surface area contributed by atoms with E-state index in [4.69, 9.17) is 0 Å². The van der Waals surface area contributed by atoms with Crippen LogP contribution in [0.1, 0.15) is 65.2 Å². The second kappa shape index (κ2) is 7.40. The Kier molecular flexibility index (Phi) is 6.53. The normalized spacial score (nSPS) is 22.5. The van der Waals surface area contributed by atoms with Crippen LogP contribution >= 0.6 is 0 Å². The maximum atomic E-state index is 11.4. The molecule has 0 spiro atoms. The fourth-order valence-corrected chi connectivity index (χ4v) is 4.51. The highest BCUT2D eigenvalue weighted by atomic mass is 32.2. The Balaban J connectivity index is 2.30. The van der Waals surface area contributed by atoms with Crippen LogP contribution in [0.3, 0.4) is 0 Å². The van der Waals surface area contributed by atoms with Gasteiger partial charge in [-0.05, 0) is 24.7 Å². The van der Waals surface area contributed by atoms with E-state index in [1.165, 1.54) is 38.5 Å². The van der Waals surface area contributed by atoms with Crippen molar-refractivity contribution in [3.63, 3.8) is 0 Å². The lowest BCUT2D eigenvalue weighted by molar-refractivity contribution is 0.273. The quantitative estimate of drug-likeness (QED) is 0.652. The molecule has 0 aromatic carbocycles. The number of hydrogen-bond acceptors (Lipinski definition) is 2. The molecule has 0 bridgehead atoms. The maximum absolute atomic E-state index is 11.4. The number of sulfone groups is 1. The van der Waals surface area contributed by atoms with E-state index in [0.717, 1.165) is 18.8 Å². The van der Waals surface area contributed by atoms with Gasteiger partial charge in [-0.3, -0.25) is 0 Å². The summed E-state index contributed by atoms with van der Waals surface area (Å²) in [6, 6.07) is 0. The monoisotopic (exact) mass is 260 g/mol. The van der Waals surface area contributed by atoms with Crippen LogP contribution < -0.4 is 0 Å². The molecule has 1 aliphatic rings. The van der Waals surface area contributed by atoms with E-state index in [1.807, 2.05) is 0 Å². The highest BCUT2D eigenvalue weighted by molar-refractivity contribution is 7.91. The zero-order valence-corrected chi connectivity index (χ0v) is 12.3. The topological polar surface area (TPSA) is 34.1 Å². The molecule has 0 aliphatic carbocycles. The van der Waals surface area contributed by atoms with E-state index in [0.29, 0.717) is 17.4 Å². The van der Waals surface area contributed by atoms with Crippen molar-refractivity contribution in [2.45, 2.75) is 65.2 Å². The van der Waals surface area contributed by atoms with E-state index in [1.54, 1.807) is 0 Å². The van der Waals surface area contributed by atoms with Gasteiger partial charge in [-0.25, -0.2) is 8.42 Å². The molecule has 0 aromatic rings. The number of rotatable bonds is 7. The second-order valence-electron chi connectivity index (χ2n) is 5.51. The molecule has 1 unspecified atom stereocenters. The summed E-state index contributed by atoms with van der Waals surface area (Å²) in [5.41, 5.74) is 0. The Morgan fingerprint density at radius 2 is 1.71 bits per heavy atom. The van der Waals surface area contributed by atoms with Gasteiger partial charge in [-0.2, -0.15) is 0 Å².